The molecule has 448 valence electrons. The van der Waals surface area contributed by atoms with Gasteiger partial charge in [-0.15, -0.1) is 0 Å². The molecular weight excluding hydrogens is 1080 g/mol. The lowest BCUT2D eigenvalue weighted by Gasteiger charge is -2.29. The minimum absolute atomic E-state index is 0.0215. The van der Waals surface area contributed by atoms with E-state index in [0.29, 0.717) is 35.1 Å². The molecule has 0 aliphatic heterocycles. The average molecular weight is 1160 g/mol. The maximum absolute atomic E-state index is 15.2. The van der Waals surface area contributed by atoms with Crippen LogP contribution in [0.15, 0.2) is 152 Å². The van der Waals surface area contributed by atoms with Crippen molar-refractivity contribution in [1.82, 2.24) is 47.2 Å². The molecule has 7 rings (SSSR count). The summed E-state index contributed by atoms with van der Waals surface area (Å²) in [6.07, 6.45) is 1.03. The third-order valence-corrected chi connectivity index (χ3v) is 14.7. The van der Waals surface area contributed by atoms with Gasteiger partial charge in [-0.2, -0.15) is 0 Å². The van der Waals surface area contributed by atoms with Gasteiger partial charge in [0.1, 0.15) is 42.3 Å². The molecule has 7 aromatic rings. The van der Waals surface area contributed by atoms with E-state index in [-0.39, 0.29) is 45.1 Å². The first-order valence-electron chi connectivity index (χ1n) is 28.3. The van der Waals surface area contributed by atoms with Crippen LogP contribution in [0, 0.1) is 0 Å². The van der Waals surface area contributed by atoms with E-state index >= 15 is 9.59 Å². The van der Waals surface area contributed by atoms with E-state index < -0.39 is 108 Å². The molecule has 85 heavy (non-hydrogen) atoms. The van der Waals surface area contributed by atoms with Crippen LogP contribution in [0.1, 0.15) is 60.9 Å². The van der Waals surface area contributed by atoms with Crippen molar-refractivity contribution in [2.75, 3.05) is 6.54 Å². The number of H-pyrrole nitrogens is 2. The lowest BCUT2D eigenvalue weighted by Crippen LogP contribution is -2.62. The molecule has 0 radical (unpaired) electrons. The van der Waals surface area contributed by atoms with Crippen LogP contribution >= 0.6 is 0 Å². The molecule has 10 atom stereocenters. The van der Waals surface area contributed by atoms with Crippen LogP contribution in [0.25, 0.3) is 21.8 Å². The molecule has 0 unspecified atom stereocenters. The minimum atomic E-state index is -1.72. The number of primary amides is 1. The van der Waals surface area contributed by atoms with Gasteiger partial charge in [0, 0.05) is 59.9 Å². The monoisotopic (exact) mass is 1160 g/mol. The topological polar surface area (TPSA) is 371 Å². The number of hydrogen-bond donors (Lipinski definition) is 14. The maximum atomic E-state index is 15.2. The number of nitrogens with two attached hydrogens (primary N) is 3. The summed E-state index contributed by atoms with van der Waals surface area (Å²) in [4.78, 5) is 120. The molecule has 0 spiro atoms. The fraction of sp³-hybridized carbons (Fsp3) is 0.333. The van der Waals surface area contributed by atoms with Crippen molar-refractivity contribution in [3.63, 3.8) is 0 Å². The van der Waals surface area contributed by atoms with Gasteiger partial charge >= 0.3 is 0 Å². The second-order valence-electron chi connectivity index (χ2n) is 21.2. The summed E-state index contributed by atoms with van der Waals surface area (Å²) < 4.78 is 0. The van der Waals surface area contributed by atoms with Crippen LogP contribution in [0.2, 0.25) is 0 Å². The van der Waals surface area contributed by atoms with E-state index in [1.54, 1.807) is 67.0 Å². The van der Waals surface area contributed by atoms with E-state index in [2.05, 4.69) is 47.2 Å². The van der Waals surface area contributed by atoms with Crippen molar-refractivity contribution in [3.8, 4) is 0 Å². The Morgan fingerprint density at radius 2 is 0.776 bits per heavy atom. The smallest absolute Gasteiger partial charge is 0.245 e. The van der Waals surface area contributed by atoms with Crippen molar-refractivity contribution in [2.24, 2.45) is 17.2 Å². The fourth-order valence-electron chi connectivity index (χ4n) is 10.00. The Morgan fingerprint density at radius 3 is 1.21 bits per heavy atom. The number of unbranched alkanes of at least 4 members (excludes halogenated alkanes) is 1. The van der Waals surface area contributed by atoms with E-state index in [1.807, 2.05) is 84.9 Å². The van der Waals surface area contributed by atoms with Crippen molar-refractivity contribution in [2.45, 2.75) is 126 Å². The van der Waals surface area contributed by atoms with Crippen LogP contribution in [-0.4, -0.2) is 135 Å². The van der Waals surface area contributed by atoms with Gasteiger partial charge in [-0.05, 0) is 86.0 Å². The van der Waals surface area contributed by atoms with Crippen LogP contribution in [0.5, 0.6) is 0 Å². The maximum Gasteiger partial charge on any atom is 0.245 e. The van der Waals surface area contributed by atoms with Gasteiger partial charge < -0.3 is 74.6 Å². The number of amides is 8. The van der Waals surface area contributed by atoms with Crippen molar-refractivity contribution < 1.29 is 48.6 Å². The normalized spacial score (nSPS) is 14.8. The van der Waals surface area contributed by atoms with Gasteiger partial charge in [0.15, 0.2) is 0 Å². The van der Waals surface area contributed by atoms with Crippen LogP contribution in [0.4, 0.5) is 0 Å². The number of nitrogens with one attached hydrogen (secondary N) is 9. The summed E-state index contributed by atoms with van der Waals surface area (Å²) in [5.41, 5.74) is 22.6. The van der Waals surface area contributed by atoms with Gasteiger partial charge in [0.25, 0.3) is 0 Å². The number of aromatic nitrogens is 2. The Morgan fingerprint density at radius 1 is 0.424 bits per heavy atom. The van der Waals surface area contributed by atoms with Gasteiger partial charge in [-0.1, -0.05) is 127 Å². The van der Waals surface area contributed by atoms with Crippen molar-refractivity contribution in [1.29, 1.82) is 0 Å². The Hall–Kier alpha value is -9.22. The van der Waals surface area contributed by atoms with Crippen LogP contribution < -0.4 is 54.4 Å². The summed E-state index contributed by atoms with van der Waals surface area (Å²) in [6, 6.07) is 30.4. The number of fused-ring (bicyclic) bond motifs is 2. The number of aliphatic hydroxyl groups is 2. The Bertz CT molecular complexity index is 3370. The van der Waals surface area contributed by atoms with Gasteiger partial charge in [-0.25, -0.2) is 0 Å². The lowest BCUT2D eigenvalue weighted by atomic mass is 9.99. The number of para-hydroxylation sites is 2. The fourth-order valence-corrected chi connectivity index (χ4v) is 10.00. The first kappa shape index (κ1) is 63.4. The molecule has 0 saturated carbocycles. The Balaban J connectivity index is 1.17. The van der Waals surface area contributed by atoms with E-state index in [4.69, 9.17) is 17.2 Å². The second-order valence-corrected chi connectivity index (χ2v) is 21.2. The quantitative estimate of drug-likeness (QED) is 0.0273. The first-order chi connectivity index (χ1) is 40.9. The van der Waals surface area contributed by atoms with E-state index in [1.165, 1.54) is 13.8 Å². The Labute approximate surface area is 492 Å². The number of benzene rings is 5. The Kier molecular flexibility index (Phi) is 23.0. The molecule has 2 heterocycles. The summed E-state index contributed by atoms with van der Waals surface area (Å²) in [6.45, 7) is 2.73. The van der Waals surface area contributed by atoms with E-state index in [9.17, 15) is 39.0 Å². The SMILES string of the molecule is C[C@@H](O)[C@H](NC(=O)[C@H](Cc1ccccc1)NC(=O)[C@@H](NC(=O)[C@H](CCCCN)NC(=O)[C@@H](Cc1c[nH]c2ccccc12)NC(=O)[C@H](Cc1c[nH]c2ccccc12)NC(=O)[C@H](Cc1ccccc1)NC(=O)[C@H](N)Cc1ccccc1)[C@@H](C)O)C(N)=O. The second kappa shape index (κ2) is 30.9. The van der Waals surface area contributed by atoms with Crippen LogP contribution in [0.3, 0.4) is 0 Å². The zero-order valence-electron chi connectivity index (χ0n) is 47.5. The predicted molar refractivity (Wildman–Crippen MR) is 321 cm³/mol. The molecule has 17 N–H and O–H groups in total. The van der Waals surface area contributed by atoms with Gasteiger partial charge in [-0.3, -0.25) is 38.4 Å². The molecule has 0 aliphatic rings. The third-order valence-electron chi connectivity index (χ3n) is 14.7. The number of aliphatic hydroxyl groups excluding tert-OH is 2. The highest BCUT2D eigenvalue weighted by molar-refractivity contribution is 5.99. The lowest BCUT2D eigenvalue weighted by molar-refractivity contribution is -0.137. The van der Waals surface area contributed by atoms with Gasteiger partial charge in [0.2, 0.25) is 47.3 Å². The standard InChI is InChI=1S/C63H76N12O10/c1-37(76)54(56(66)78)74-62(84)51(32-41-22-10-5-11-23-41)73-63(85)55(38(2)77)75-58(80)49(28-16-17-29-64)69-60(82)52(33-42-35-67-47-26-14-12-24-44(42)47)72-61(83)53(34-43-36-68-48-27-15-13-25-45(43)48)71-59(81)50(31-40-20-8-4-9-21-40)70-57(79)46(65)30-39-18-6-3-7-19-39/h3-15,18-27,35-38,46,49-55,67-68,76-77H,16-17,28-34,64-65H2,1-2H3,(H2,66,78)(H,69,82)(H,70,79)(H,71,81)(H,72,83)(H,73,85)(H,74,84)(H,75,80)/t37-,38-,46-,49+,50+,51+,52-,53+,54+,55+/m1/s1. The number of hydrogen-bond acceptors (Lipinski definition) is 12. The highest BCUT2D eigenvalue weighted by Crippen LogP contribution is 2.22. The molecule has 22 heteroatoms. The zero-order valence-corrected chi connectivity index (χ0v) is 47.5. The zero-order chi connectivity index (χ0) is 61.0. The van der Waals surface area contributed by atoms with Crippen molar-refractivity contribution >= 4 is 69.1 Å². The summed E-state index contributed by atoms with van der Waals surface area (Å²) in [5, 5.41) is 41.7. The molecular formula is C63H76N12O10. The molecule has 22 nitrogen and oxygen atoms in total. The van der Waals surface area contributed by atoms with Crippen LogP contribution in [-0.2, 0) is 70.5 Å². The minimum Gasteiger partial charge on any atom is -0.391 e. The highest BCUT2D eigenvalue weighted by atomic mass is 16.3. The number of aromatic amines is 2. The summed E-state index contributed by atoms with van der Waals surface area (Å²) in [5.74, 6) is -6.76. The molecule has 5 aromatic carbocycles. The van der Waals surface area contributed by atoms with E-state index in [0.717, 1.165) is 27.4 Å². The molecule has 8 amide bonds. The van der Waals surface area contributed by atoms with Crippen molar-refractivity contribution in [3.05, 3.63) is 180 Å². The molecule has 2 aromatic heterocycles. The molecule has 0 saturated heterocycles. The molecule has 0 bridgehead atoms. The van der Waals surface area contributed by atoms with Gasteiger partial charge in [0.05, 0.1) is 18.2 Å². The largest absolute Gasteiger partial charge is 0.391 e. The molecule has 0 aliphatic carbocycles. The number of rotatable bonds is 31. The predicted octanol–water partition coefficient (Wildman–Crippen LogP) is 1.26. The summed E-state index contributed by atoms with van der Waals surface area (Å²) in [7, 11) is 0. The first-order valence-corrected chi connectivity index (χ1v) is 28.3. The highest BCUT2D eigenvalue weighted by Gasteiger charge is 2.37. The molecule has 0 fully saturated rings. The third kappa shape index (κ3) is 18.1. The number of carbonyl (C=O) groups is 8. The summed E-state index contributed by atoms with van der Waals surface area (Å²) >= 11 is 0. The average Bonchev–Trinajstić information content (AvgIpc) is 4.36. The number of carbonyl (C=O) groups excluding carboxylic acids is 8.